The molecule has 0 aliphatic carbocycles. The third kappa shape index (κ3) is 9.13. The van der Waals surface area contributed by atoms with Crippen molar-refractivity contribution >= 4 is 16.5 Å². The summed E-state index contributed by atoms with van der Waals surface area (Å²) < 4.78 is 60.4. The van der Waals surface area contributed by atoms with E-state index in [1.54, 1.807) is 48.5 Å². The summed E-state index contributed by atoms with van der Waals surface area (Å²) in [5.41, 5.74) is 1.75. The van der Waals surface area contributed by atoms with Crippen LogP contribution in [0.5, 0.6) is 46.0 Å². The Morgan fingerprint density at radius 3 is 1.00 bits per heavy atom. The summed E-state index contributed by atoms with van der Waals surface area (Å²) >= 11 is 0. The highest BCUT2D eigenvalue weighted by Crippen LogP contribution is 2.43. The van der Waals surface area contributed by atoms with E-state index >= 15 is 0 Å². The average molecular weight is 685 g/mol. The van der Waals surface area contributed by atoms with Gasteiger partial charge in [-0.3, -0.25) is 0 Å². The van der Waals surface area contributed by atoms with E-state index in [2.05, 4.69) is 41.5 Å². The zero-order valence-corrected chi connectivity index (χ0v) is 29.5. The number of hydrogen-bond acceptors (Lipinski definition) is 8. The van der Waals surface area contributed by atoms with Crippen molar-refractivity contribution in [2.24, 2.45) is 0 Å². The van der Waals surface area contributed by atoms with Gasteiger partial charge in [0.2, 0.25) is 11.5 Å². The van der Waals surface area contributed by atoms with Crippen LogP contribution in [-0.2, 0) is 20.0 Å². The van der Waals surface area contributed by atoms with Crippen molar-refractivity contribution in [2.75, 3.05) is 0 Å². The van der Waals surface area contributed by atoms with Gasteiger partial charge >= 0.3 is 16.5 Å². The van der Waals surface area contributed by atoms with Crippen molar-refractivity contribution in [3.63, 3.8) is 0 Å². The van der Waals surface area contributed by atoms with Gasteiger partial charge in [-0.05, 0) is 71.5 Å². The van der Waals surface area contributed by atoms with Crippen molar-refractivity contribution < 1.29 is 36.7 Å². The van der Waals surface area contributed by atoms with Crippen LogP contribution in [0, 0.1) is 0 Å². The lowest BCUT2D eigenvalue weighted by atomic mass is 9.86. The summed E-state index contributed by atoms with van der Waals surface area (Å²) in [6.07, 6.45) is 0. The van der Waals surface area contributed by atoms with Crippen LogP contribution >= 0.6 is 16.5 Å². The molecule has 5 rings (SSSR count). The molecule has 5 aromatic rings. The minimum atomic E-state index is -2.62. The molecule has 0 aliphatic rings. The van der Waals surface area contributed by atoms with Crippen LogP contribution in [0.3, 0.4) is 0 Å². The largest absolute Gasteiger partial charge is 0.805 e. The number of hydrogen-bond donors (Lipinski definition) is 0. The number of benzene rings is 5. The average Bonchev–Trinajstić information content (AvgIpc) is 3.03. The van der Waals surface area contributed by atoms with Crippen LogP contribution < -0.4 is 27.6 Å². The summed E-state index contributed by atoms with van der Waals surface area (Å²) in [6.45, 7) is 12.6. The van der Waals surface area contributed by atoms with Crippen LogP contribution in [0.1, 0.15) is 52.7 Å². The lowest BCUT2D eigenvalue weighted by molar-refractivity contribution is 0.390. The number of ether oxygens (including phenoxy) is 2. The van der Waals surface area contributed by atoms with Gasteiger partial charge in [-0.2, -0.15) is 0 Å². The van der Waals surface area contributed by atoms with Gasteiger partial charge in [-0.1, -0.05) is 102 Å². The molecular formula is C38H38O8P2+2. The molecule has 2 atom stereocenters. The van der Waals surface area contributed by atoms with Crippen molar-refractivity contribution in [3.05, 3.63) is 132 Å². The molecule has 8 nitrogen and oxygen atoms in total. The van der Waals surface area contributed by atoms with Gasteiger partial charge in [0, 0.05) is 20.3 Å². The second kappa shape index (κ2) is 14.9. The molecule has 0 fully saturated rings. The summed E-state index contributed by atoms with van der Waals surface area (Å²) in [7, 11) is -5.23. The van der Waals surface area contributed by atoms with E-state index in [9.17, 15) is 9.13 Å². The molecule has 2 unspecified atom stereocenters. The second-order valence-electron chi connectivity index (χ2n) is 12.9. The maximum absolute atomic E-state index is 12.9. The molecule has 0 spiro atoms. The quantitative estimate of drug-likeness (QED) is 0.120. The normalized spacial score (nSPS) is 12.0. The topological polar surface area (TPSA) is 89.5 Å². The van der Waals surface area contributed by atoms with Crippen LogP contribution in [0.4, 0.5) is 0 Å². The molecule has 5 aromatic carbocycles. The SMILES string of the molecule is CC(C)(C)c1ccccc1Oc1ccccc1O[P+](=O)Oc1ccc(O[P+](=O)Oc2ccccc2Oc2ccccc2C(C)(C)C)cc1. The predicted molar refractivity (Wildman–Crippen MR) is 187 cm³/mol. The zero-order chi connectivity index (χ0) is 34.3. The molecule has 0 N–H and O–H groups in total. The lowest BCUT2D eigenvalue weighted by Gasteiger charge is -2.22. The molecule has 0 aliphatic heterocycles. The maximum atomic E-state index is 12.9. The van der Waals surface area contributed by atoms with Crippen molar-refractivity contribution in [1.29, 1.82) is 0 Å². The van der Waals surface area contributed by atoms with Gasteiger partial charge in [0.15, 0.2) is 23.0 Å². The fraction of sp³-hybridized carbons (Fsp3) is 0.211. The van der Waals surface area contributed by atoms with E-state index in [1.807, 2.05) is 48.5 Å². The third-order valence-corrected chi connectivity index (χ3v) is 8.47. The first-order valence-electron chi connectivity index (χ1n) is 15.4. The predicted octanol–water partition coefficient (Wildman–Crippen LogP) is 12.1. The van der Waals surface area contributed by atoms with Gasteiger partial charge in [0.25, 0.3) is 0 Å². The smallest absolute Gasteiger partial charge is 0.453 e. The molecule has 48 heavy (non-hydrogen) atoms. The van der Waals surface area contributed by atoms with Crippen LogP contribution in [0.15, 0.2) is 121 Å². The van der Waals surface area contributed by atoms with E-state index in [0.717, 1.165) is 11.1 Å². The highest BCUT2D eigenvalue weighted by atomic mass is 31.1. The first-order valence-corrected chi connectivity index (χ1v) is 17.6. The molecule has 0 amide bonds. The van der Waals surface area contributed by atoms with Crippen LogP contribution in [-0.4, -0.2) is 0 Å². The number of para-hydroxylation sites is 6. The summed E-state index contributed by atoms with van der Waals surface area (Å²) in [6, 6.07) is 35.5. The van der Waals surface area contributed by atoms with E-state index in [0.29, 0.717) is 23.0 Å². The molecule has 246 valence electrons. The van der Waals surface area contributed by atoms with Crippen molar-refractivity contribution in [2.45, 2.75) is 52.4 Å². The standard InChI is InChI=1S/C38H38O8P2/c1-37(2,3)29-15-7-9-17-31(29)41-33-19-11-13-21-35(33)45-47(39)43-27-23-25-28(26-24-27)44-48(40)46-36-22-14-12-20-34(36)42-32-18-10-8-16-30(32)38(4,5)6/h7-26H,1-6H3/q+2. The summed E-state index contributed by atoms with van der Waals surface area (Å²) in [4.78, 5) is 0. The monoisotopic (exact) mass is 684 g/mol. The fourth-order valence-corrected chi connectivity index (χ4v) is 6.02. The zero-order valence-electron chi connectivity index (χ0n) is 27.7. The fourth-order valence-electron chi connectivity index (χ4n) is 4.74. The minimum absolute atomic E-state index is 0.145. The Balaban J connectivity index is 1.19. The Labute approximate surface area is 283 Å². The Bertz CT molecular complexity index is 1750. The summed E-state index contributed by atoms with van der Waals surface area (Å²) in [5, 5.41) is 0. The molecule has 0 saturated heterocycles. The van der Waals surface area contributed by atoms with E-state index in [4.69, 9.17) is 27.6 Å². The Kier molecular flexibility index (Phi) is 10.7. The lowest BCUT2D eigenvalue weighted by Crippen LogP contribution is -2.12. The molecule has 0 bridgehead atoms. The molecular weight excluding hydrogens is 646 g/mol. The van der Waals surface area contributed by atoms with Crippen molar-refractivity contribution in [1.82, 2.24) is 0 Å². The second-order valence-corrected chi connectivity index (χ2v) is 14.5. The molecule has 10 heteroatoms. The van der Waals surface area contributed by atoms with Crippen molar-refractivity contribution in [3.8, 4) is 46.0 Å². The first kappa shape index (κ1) is 34.4. The Hall–Kier alpha value is -4.90. The highest BCUT2D eigenvalue weighted by molar-refractivity contribution is 7.34. The Morgan fingerprint density at radius 2 is 0.667 bits per heavy atom. The van der Waals surface area contributed by atoms with Gasteiger partial charge in [-0.25, -0.2) is 18.1 Å². The van der Waals surface area contributed by atoms with E-state index < -0.39 is 16.5 Å². The van der Waals surface area contributed by atoms with Crippen LogP contribution in [0.25, 0.3) is 0 Å². The molecule has 0 radical (unpaired) electrons. The minimum Gasteiger partial charge on any atom is -0.453 e. The summed E-state index contributed by atoms with van der Waals surface area (Å²) in [5.74, 6) is 3.21. The molecule has 0 aromatic heterocycles. The highest BCUT2D eigenvalue weighted by Gasteiger charge is 2.30. The molecule has 0 saturated carbocycles. The van der Waals surface area contributed by atoms with Gasteiger partial charge in [-0.15, -0.1) is 0 Å². The van der Waals surface area contributed by atoms with Crippen LogP contribution in [0.2, 0.25) is 0 Å². The Morgan fingerprint density at radius 1 is 0.375 bits per heavy atom. The van der Waals surface area contributed by atoms with E-state index in [-0.39, 0.29) is 33.8 Å². The van der Waals surface area contributed by atoms with Gasteiger partial charge < -0.3 is 9.47 Å². The molecule has 0 heterocycles. The van der Waals surface area contributed by atoms with Gasteiger partial charge in [0.05, 0.1) is 0 Å². The number of rotatable bonds is 12. The third-order valence-electron chi connectivity index (χ3n) is 7.06. The van der Waals surface area contributed by atoms with E-state index in [1.165, 1.54) is 24.3 Å². The van der Waals surface area contributed by atoms with Gasteiger partial charge in [0.1, 0.15) is 11.5 Å². The maximum Gasteiger partial charge on any atom is 0.805 e. The first-order chi connectivity index (χ1) is 22.9.